The quantitative estimate of drug-likeness (QED) is 0.697. The molecule has 1 atom stereocenters. The molecule has 1 fully saturated rings. The molecular weight excluding hydrogens is 216 g/mol. The third kappa shape index (κ3) is 5.82. The summed E-state index contributed by atoms with van der Waals surface area (Å²) in [5, 5.41) is 12.7. The molecule has 1 heterocycles. The number of nitrogens with one attached hydrogen (secondary N) is 1. The van der Waals surface area contributed by atoms with E-state index in [0.29, 0.717) is 12.1 Å². The molecule has 0 aromatic rings. The van der Waals surface area contributed by atoms with Crippen LogP contribution in [0.3, 0.4) is 0 Å². The fraction of sp³-hybridized carbons (Fsp3) is 1.00. The molecule has 0 spiro atoms. The second-order valence-electron chi connectivity index (χ2n) is 5.16. The van der Waals surface area contributed by atoms with Crippen molar-refractivity contribution in [3.63, 3.8) is 0 Å². The van der Waals surface area contributed by atoms with Crippen molar-refractivity contribution >= 4 is 0 Å². The topological polar surface area (TPSA) is 44.7 Å². The molecule has 0 bridgehead atoms. The van der Waals surface area contributed by atoms with E-state index in [4.69, 9.17) is 4.74 Å². The van der Waals surface area contributed by atoms with Crippen molar-refractivity contribution in [3.05, 3.63) is 0 Å². The summed E-state index contributed by atoms with van der Waals surface area (Å²) in [7, 11) is 0. The maximum atomic E-state index is 9.33. The van der Waals surface area contributed by atoms with Gasteiger partial charge < -0.3 is 20.1 Å². The van der Waals surface area contributed by atoms with Crippen molar-refractivity contribution < 1.29 is 9.84 Å². The second kappa shape index (κ2) is 8.03. The Morgan fingerprint density at radius 2 is 2.00 bits per heavy atom. The lowest BCUT2D eigenvalue weighted by molar-refractivity contribution is 0.0107. The van der Waals surface area contributed by atoms with E-state index in [2.05, 4.69) is 31.0 Å². The van der Waals surface area contributed by atoms with Crippen LogP contribution in [0.15, 0.2) is 0 Å². The van der Waals surface area contributed by atoms with Crippen molar-refractivity contribution in [2.24, 2.45) is 0 Å². The Morgan fingerprint density at radius 1 is 1.35 bits per heavy atom. The van der Waals surface area contributed by atoms with E-state index in [1.807, 2.05) is 0 Å². The number of hydrogen-bond acceptors (Lipinski definition) is 4. The normalized spacial score (nSPS) is 21.0. The van der Waals surface area contributed by atoms with E-state index in [-0.39, 0.29) is 12.6 Å². The minimum absolute atomic E-state index is 0.193. The molecule has 17 heavy (non-hydrogen) atoms. The summed E-state index contributed by atoms with van der Waals surface area (Å²) in [6, 6.07) is 0.617. The molecule has 4 heteroatoms. The molecule has 102 valence electrons. The zero-order valence-corrected chi connectivity index (χ0v) is 11.5. The van der Waals surface area contributed by atoms with Gasteiger partial charge in [-0.3, -0.25) is 0 Å². The number of aliphatic hydroxyl groups excluding tert-OH is 1. The molecule has 0 aromatic carbocycles. The number of likely N-dealkylation sites (tertiary alicyclic amines) is 1. The Morgan fingerprint density at radius 3 is 2.47 bits per heavy atom. The molecule has 1 rings (SSSR count). The summed E-state index contributed by atoms with van der Waals surface area (Å²) >= 11 is 0. The first-order valence-corrected chi connectivity index (χ1v) is 6.86. The molecular formula is C13H28N2O2. The molecule has 4 nitrogen and oxygen atoms in total. The van der Waals surface area contributed by atoms with E-state index in [0.717, 1.165) is 39.1 Å². The average Bonchev–Trinajstić information content (AvgIpc) is 2.30. The standard InChI is InChI=1S/C13H28N2O2/c1-4-17-13-5-7-15(8-6-13)9-12(10-16)14-11(2)3/h11-14,16H,4-10H2,1-3H3. The first-order valence-electron chi connectivity index (χ1n) is 6.86. The van der Waals surface area contributed by atoms with Gasteiger partial charge in [-0.25, -0.2) is 0 Å². The zero-order valence-electron chi connectivity index (χ0n) is 11.5. The van der Waals surface area contributed by atoms with Crippen molar-refractivity contribution in [1.29, 1.82) is 0 Å². The molecule has 0 radical (unpaired) electrons. The summed E-state index contributed by atoms with van der Waals surface area (Å²) < 4.78 is 5.64. The molecule has 1 unspecified atom stereocenters. The van der Waals surface area contributed by atoms with Gasteiger partial charge in [0.2, 0.25) is 0 Å². The van der Waals surface area contributed by atoms with Crippen molar-refractivity contribution in [1.82, 2.24) is 10.2 Å². The minimum atomic E-state index is 0.193. The van der Waals surface area contributed by atoms with Crippen molar-refractivity contribution in [2.75, 3.05) is 32.8 Å². The van der Waals surface area contributed by atoms with E-state index in [9.17, 15) is 5.11 Å². The lowest BCUT2D eigenvalue weighted by Crippen LogP contribution is -2.48. The highest BCUT2D eigenvalue weighted by Gasteiger charge is 2.21. The third-order valence-corrected chi connectivity index (χ3v) is 3.20. The zero-order chi connectivity index (χ0) is 12.7. The number of piperidine rings is 1. The van der Waals surface area contributed by atoms with Gasteiger partial charge in [-0.1, -0.05) is 13.8 Å². The van der Waals surface area contributed by atoms with Crippen molar-refractivity contribution in [3.8, 4) is 0 Å². The van der Waals surface area contributed by atoms with Gasteiger partial charge in [0.1, 0.15) is 0 Å². The van der Waals surface area contributed by atoms with Gasteiger partial charge in [-0.05, 0) is 19.8 Å². The summed E-state index contributed by atoms with van der Waals surface area (Å²) in [6.07, 6.45) is 2.68. The molecule has 0 saturated carbocycles. The average molecular weight is 244 g/mol. The Hall–Kier alpha value is -0.160. The highest BCUT2D eigenvalue weighted by atomic mass is 16.5. The maximum absolute atomic E-state index is 9.33. The summed E-state index contributed by atoms with van der Waals surface area (Å²) in [6.45, 7) is 10.4. The van der Waals surface area contributed by atoms with E-state index in [1.54, 1.807) is 0 Å². The maximum Gasteiger partial charge on any atom is 0.0599 e. The van der Waals surface area contributed by atoms with E-state index < -0.39 is 0 Å². The lowest BCUT2D eigenvalue weighted by Gasteiger charge is -2.34. The fourth-order valence-corrected chi connectivity index (χ4v) is 2.44. The summed E-state index contributed by atoms with van der Waals surface area (Å²) in [4.78, 5) is 2.42. The molecule has 1 aliphatic rings. The number of hydrogen-bond donors (Lipinski definition) is 2. The van der Waals surface area contributed by atoms with Crippen LogP contribution in [-0.4, -0.2) is 61.0 Å². The summed E-state index contributed by atoms with van der Waals surface area (Å²) in [5.41, 5.74) is 0. The van der Waals surface area contributed by atoms with Gasteiger partial charge in [-0.2, -0.15) is 0 Å². The van der Waals surface area contributed by atoms with Crippen LogP contribution in [0.4, 0.5) is 0 Å². The number of ether oxygens (including phenoxy) is 1. The Kier molecular flexibility index (Phi) is 7.04. The monoisotopic (exact) mass is 244 g/mol. The van der Waals surface area contributed by atoms with Crippen LogP contribution in [-0.2, 0) is 4.74 Å². The van der Waals surface area contributed by atoms with Gasteiger partial charge in [-0.15, -0.1) is 0 Å². The lowest BCUT2D eigenvalue weighted by atomic mass is 10.1. The predicted octanol–water partition coefficient (Wildman–Crippen LogP) is 0.846. The first kappa shape index (κ1) is 14.9. The highest BCUT2D eigenvalue weighted by Crippen LogP contribution is 2.13. The largest absolute Gasteiger partial charge is 0.395 e. The summed E-state index contributed by atoms with van der Waals surface area (Å²) in [5.74, 6) is 0. The van der Waals surface area contributed by atoms with Gasteiger partial charge in [0, 0.05) is 38.3 Å². The molecule has 0 aliphatic carbocycles. The van der Waals surface area contributed by atoms with Crippen molar-refractivity contribution in [2.45, 2.75) is 51.8 Å². The van der Waals surface area contributed by atoms with Crippen LogP contribution in [0, 0.1) is 0 Å². The molecule has 0 amide bonds. The Balaban J connectivity index is 2.23. The minimum Gasteiger partial charge on any atom is -0.395 e. The Labute approximate surface area is 105 Å². The molecule has 2 N–H and O–H groups in total. The molecule has 1 aliphatic heterocycles. The Bertz CT molecular complexity index is 192. The van der Waals surface area contributed by atoms with Gasteiger partial charge in [0.25, 0.3) is 0 Å². The fourth-order valence-electron chi connectivity index (χ4n) is 2.44. The number of rotatable bonds is 7. The number of nitrogens with zero attached hydrogens (tertiary/aromatic N) is 1. The van der Waals surface area contributed by atoms with Crippen LogP contribution in [0.25, 0.3) is 0 Å². The highest BCUT2D eigenvalue weighted by molar-refractivity contribution is 4.78. The van der Waals surface area contributed by atoms with Crippen LogP contribution < -0.4 is 5.32 Å². The number of aliphatic hydroxyl groups is 1. The molecule has 0 aromatic heterocycles. The van der Waals surface area contributed by atoms with Gasteiger partial charge >= 0.3 is 0 Å². The molecule has 1 saturated heterocycles. The van der Waals surface area contributed by atoms with Gasteiger partial charge in [0.05, 0.1) is 12.7 Å². The van der Waals surface area contributed by atoms with Crippen LogP contribution in [0.1, 0.15) is 33.6 Å². The van der Waals surface area contributed by atoms with Crippen LogP contribution in [0.5, 0.6) is 0 Å². The van der Waals surface area contributed by atoms with Gasteiger partial charge in [0.15, 0.2) is 0 Å². The third-order valence-electron chi connectivity index (χ3n) is 3.20. The first-order chi connectivity index (χ1) is 8.15. The van der Waals surface area contributed by atoms with Crippen LogP contribution in [0.2, 0.25) is 0 Å². The second-order valence-corrected chi connectivity index (χ2v) is 5.16. The van der Waals surface area contributed by atoms with E-state index >= 15 is 0 Å². The smallest absolute Gasteiger partial charge is 0.0599 e. The van der Waals surface area contributed by atoms with Crippen LogP contribution >= 0.6 is 0 Å². The van der Waals surface area contributed by atoms with E-state index in [1.165, 1.54) is 0 Å². The SMILES string of the molecule is CCOC1CCN(CC(CO)NC(C)C)CC1. The predicted molar refractivity (Wildman–Crippen MR) is 70.2 cm³/mol.